The van der Waals surface area contributed by atoms with Gasteiger partial charge in [0.15, 0.2) is 0 Å². The molecule has 26 heteroatoms. The maximum absolute atomic E-state index is 14.8. The molecule has 0 spiro atoms. The van der Waals surface area contributed by atoms with Crippen LogP contribution in [0.4, 0.5) is 0 Å². The summed E-state index contributed by atoms with van der Waals surface area (Å²) in [5.74, 6) is -5.62. The number of nitrogens with one attached hydrogen (secondary N) is 7. The molecule has 1 aromatic heterocycles. The second-order valence-electron chi connectivity index (χ2n) is 17.5. The van der Waals surface area contributed by atoms with Crippen LogP contribution in [0.25, 0.3) is 0 Å². The molecule has 72 heavy (non-hydrogen) atoms. The number of pyridine rings is 1. The lowest BCUT2D eigenvalue weighted by Gasteiger charge is -2.30. The maximum atomic E-state index is 14.8. The molecular weight excluding hydrogens is 977 g/mol. The van der Waals surface area contributed by atoms with Crippen molar-refractivity contribution in [3.63, 3.8) is 0 Å². The normalized spacial score (nSPS) is 20.8. The average Bonchev–Trinajstić information content (AvgIpc) is 3.32. The van der Waals surface area contributed by atoms with E-state index in [9.17, 15) is 57.8 Å². The molecular formula is C46H66N12O12S2. The molecule has 1 fully saturated rings. The number of carbonyl (C=O) groups excluding carboxylic acids is 11. The Morgan fingerprint density at radius 1 is 0.833 bits per heavy atom. The highest BCUT2D eigenvalue weighted by molar-refractivity contribution is 8.76. The molecule has 1 unspecified atom stereocenters. The van der Waals surface area contributed by atoms with Gasteiger partial charge < -0.3 is 42.7 Å². The van der Waals surface area contributed by atoms with Crippen molar-refractivity contribution in [2.45, 2.75) is 115 Å². The monoisotopic (exact) mass is 1040 g/mol. The average molecular weight is 1040 g/mol. The van der Waals surface area contributed by atoms with Gasteiger partial charge in [-0.25, -0.2) is 10.9 Å². The van der Waals surface area contributed by atoms with Gasteiger partial charge in [-0.05, 0) is 60.1 Å². The lowest BCUT2D eigenvalue weighted by atomic mass is 9.90. The molecule has 2 aromatic rings. The summed E-state index contributed by atoms with van der Waals surface area (Å²) in [7, 11) is 2.13. The molecule has 24 nitrogen and oxygen atoms in total. The number of Topliss-reactive ketones (excluding diaryl/α,β-unsaturated/α-hetero) is 4. The van der Waals surface area contributed by atoms with E-state index < -0.39 is 126 Å². The van der Waals surface area contributed by atoms with Crippen LogP contribution in [-0.4, -0.2) is 140 Å². The van der Waals surface area contributed by atoms with Crippen molar-refractivity contribution in [3.05, 3.63) is 59.9 Å². The van der Waals surface area contributed by atoms with Crippen LogP contribution in [0.3, 0.4) is 0 Å². The Morgan fingerprint density at radius 3 is 2.11 bits per heavy atom. The zero-order valence-electron chi connectivity index (χ0n) is 40.6. The summed E-state index contributed by atoms with van der Waals surface area (Å²) in [5.41, 5.74) is 19.5. The van der Waals surface area contributed by atoms with Crippen molar-refractivity contribution in [3.8, 4) is 5.75 Å². The van der Waals surface area contributed by atoms with Crippen molar-refractivity contribution < 1.29 is 57.8 Å². The molecule has 3 rings (SSSR count). The zero-order chi connectivity index (χ0) is 53.5. The molecule has 14 N–H and O–H groups in total. The molecule has 2 heterocycles. The van der Waals surface area contributed by atoms with Crippen LogP contribution in [0, 0.1) is 11.8 Å². The smallest absolute Gasteiger partial charge is 0.246 e. The summed E-state index contributed by atoms with van der Waals surface area (Å²) >= 11 is 0. The lowest BCUT2D eigenvalue weighted by molar-refractivity contribution is -0.141. The second-order valence-corrected chi connectivity index (χ2v) is 20.2. The van der Waals surface area contributed by atoms with Crippen LogP contribution >= 0.6 is 21.6 Å². The zero-order valence-corrected chi connectivity index (χ0v) is 42.2. The summed E-state index contributed by atoms with van der Waals surface area (Å²) in [6, 6.07) is 0.286. The van der Waals surface area contributed by atoms with E-state index in [4.69, 9.17) is 17.3 Å². The largest absolute Gasteiger partial charge is 0.508 e. The summed E-state index contributed by atoms with van der Waals surface area (Å²) in [4.78, 5) is 154. The number of nitrogens with zero attached hydrogens (tertiary/aromatic N) is 2. The fourth-order valence-corrected chi connectivity index (χ4v) is 9.33. The first-order valence-electron chi connectivity index (χ1n) is 23.2. The first kappa shape index (κ1) is 60.0. The molecule has 7 amide bonds. The molecule has 394 valence electrons. The SMILES string of the molecule is CC[C@H](C)C1NN[C@@H](CCC(N)=O)C(=O)N[C@@H](CC(N)=O)C(=O)N[C@H](C(=O)N(CC(=O)N[C@@H](CC(C)C)C(=O)C(=O)CNN)Cc2ccncc2)CSSCCC(=O)N[C@@H](Cc2ccc(O)cc2)C(=O)C1=O. The van der Waals surface area contributed by atoms with Gasteiger partial charge in [0, 0.05) is 49.7 Å². The highest BCUT2D eigenvalue weighted by Gasteiger charge is 2.38. The highest BCUT2D eigenvalue weighted by atomic mass is 33.1. The molecule has 1 aromatic carbocycles. The second kappa shape index (κ2) is 30.5. The van der Waals surface area contributed by atoms with E-state index in [1.807, 2.05) is 0 Å². The summed E-state index contributed by atoms with van der Waals surface area (Å²) < 4.78 is 0. The van der Waals surface area contributed by atoms with Crippen LogP contribution in [0.2, 0.25) is 0 Å². The van der Waals surface area contributed by atoms with E-state index in [2.05, 4.69) is 42.5 Å². The van der Waals surface area contributed by atoms with Gasteiger partial charge in [0.1, 0.15) is 23.9 Å². The lowest BCUT2D eigenvalue weighted by Crippen LogP contribution is -2.61. The Kier molecular flexibility index (Phi) is 25.4. The van der Waals surface area contributed by atoms with Crippen molar-refractivity contribution in [1.82, 2.24) is 47.4 Å². The van der Waals surface area contributed by atoms with E-state index in [1.54, 1.807) is 39.8 Å². The number of phenolic OH excluding ortho intramolecular Hbond substituents is 1. The van der Waals surface area contributed by atoms with Crippen LogP contribution in [-0.2, 0) is 65.7 Å². The molecule has 1 saturated heterocycles. The number of aromatic hydroxyl groups is 1. The van der Waals surface area contributed by atoms with Crippen molar-refractivity contribution >= 4 is 86.1 Å². The third kappa shape index (κ3) is 20.4. The number of primary amides is 2. The maximum Gasteiger partial charge on any atom is 0.246 e. The van der Waals surface area contributed by atoms with E-state index in [1.165, 1.54) is 36.7 Å². The minimum atomic E-state index is -1.75. The fraction of sp³-hybridized carbons (Fsp3) is 0.522. The topological polar surface area (TPSA) is 386 Å². The number of rotatable bonds is 21. The highest BCUT2D eigenvalue weighted by Crippen LogP contribution is 2.24. The number of aromatic nitrogens is 1. The molecule has 0 bridgehead atoms. The summed E-state index contributed by atoms with van der Waals surface area (Å²) in [6.07, 6.45) is 1.48. The van der Waals surface area contributed by atoms with E-state index in [0.717, 1.165) is 26.5 Å². The number of hydrazine groups is 2. The van der Waals surface area contributed by atoms with Crippen molar-refractivity contribution in [1.29, 1.82) is 0 Å². The van der Waals surface area contributed by atoms with Gasteiger partial charge in [0.2, 0.25) is 64.5 Å². The van der Waals surface area contributed by atoms with Crippen LogP contribution in [0.1, 0.15) is 77.3 Å². The number of hydrogen-bond acceptors (Lipinski definition) is 19. The molecule has 0 radical (unpaired) electrons. The van der Waals surface area contributed by atoms with Crippen molar-refractivity contribution in [2.24, 2.45) is 29.1 Å². The minimum Gasteiger partial charge on any atom is -0.508 e. The summed E-state index contributed by atoms with van der Waals surface area (Å²) in [6.45, 7) is 5.55. The Morgan fingerprint density at radius 2 is 1.50 bits per heavy atom. The van der Waals surface area contributed by atoms with Crippen molar-refractivity contribution in [2.75, 3.05) is 24.6 Å². The van der Waals surface area contributed by atoms with Gasteiger partial charge in [-0.2, -0.15) is 0 Å². The van der Waals surface area contributed by atoms with E-state index in [0.29, 0.717) is 17.5 Å². The number of carbonyl (C=O) groups is 11. The van der Waals surface area contributed by atoms with Gasteiger partial charge in [-0.1, -0.05) is 67.8 Å². The molecule has 1 aliphatic heterocycles. The first-order valence-corrected chi connectivity index (χ1v) is 25.7. The van der Waals surface area contributed by atoms with E-state index in [-0.39, 0.29) is 61.8 Å². The predicted molar refractivity (Wildman–Crippen MR) is 266 cm³/mol. The Labute approximate surface area is 424 Å². The van der Waals surface area contributed by atoms with Crippen LogP contribution in [0.15, 0.2) is 48.8 Å². The van der Waals surface area contributed by atoms with Gasteiger partial charge in [-0.3, -0.25) is 69.0 Å². The molecule has 7 atom stereocenters. The Balaban J connectivity index is 2.10. The predicted octanol–water partition coefficient (Wildman–Crippen LogP) is -2.11. The van der Waals surface area contributed by atoms with Gasteiger partial charge >= 0.3 is 0 Å². The number of phenols is 1. The van der Waals surface area contributed by atoms with E-state index >= 15 is 0 Å². The fourth-order valence-electron chi connectivity index (χ4n) is 7.19. The Bertz CT molecular complexity index is 2240. The number of ketones is 4. The third-order valence-corrected chi connectivity index (χ3v) is 13.6. The van der Waals surface area contributed by atoms with Crippen LogP contribution < -0.4 is 54.9 Å². The third-order valence-electron chi connectivity index (χ3n) is 11.2. The minimum absolute atomic E-state index is 0.0520. The van der Waals surface area contributed by atoms with Gasteiger partial charge in [0.05, 0.1) is 37.6 Å². The number of nitrogens with two attached hydrogens (primary N) is 3. The molecule has 0 aliphatic carbocycles. The number of benzene rings is 1. The molecule has 1 aliphatic rings. The van der Waals surface area contributed by atoms with Crippen LogP contribution in [0.5, 0.6) is 5.75 Å². The number of amides is 7. The first-order chi connectivity index (χ1) is 34.1. The summed E-state index contributed by atoms with van der Waals surface area (Å²) in [5, 5.41) is 20.1. The number of hydrogen-bond donors (Lipinski definition) is 11. The van der Waals surface area contributed by atoms with Gasteiger partial charge in [0.25, 0.3) is 0 Å². The molecule has 0 saturated carbocycles. The Hall–Kier alpha value is -6.32. The quantitative estimate of drug-likeness (QED) is 0.0276. The standard InChI is InChI=1S/C46H66N12O12S2/c1-5-26(4)40-43(67)42(66)32(19-27-6-8-29(59)9-7-27)52-38(63)14-17-71-72-24-34(55-45(69)33(20-37(48)62)54-44(68)30(56-57-40)10-11-36(47)61)46(70)58(22-28-12-15-50-16-13-28)23-39(64)53-31(18-25(2)3)41(65)35(60)21-51-49/h6-9,12-13,15-16,25-26,30-34,40,51,56-57,59H,5,10-11,14,17-24,49H2,1-4H3,(H2,47,61)(H2,48,62)(H,52,63)(H,53,64)(H,54,68)(H,55,69)/t26-,30-,31-,32-,33-,34-,40?/m0/s1. The van der Waals surface area contributed by atoms with Gasteiger partial charge in [-0.15, -0.1) is 0 Å².